The molecule has 0 radical (unpaired) electrons. The van der Waals surface area contributed by atoms with Gasteiger partial charge >= 0.3 is 6.09 Å². The highest BCUT2D eigenvalue weighted by Gasteiger charge is 2.49. The van der Waals surface area contributed by atoms with Crippen molar-refractivity contribution in [3.05, 3.63) is 36.3 Å². The van der Waals surface area contributed by atoms with Gasteiger partial charge in [-0.05, 0) is 31.2 Å². The van der Waals surface area contributed by atoms with Crippen LogP contribution in [-0.2, 0) is 14.8 Å². The van der Waals surface area contributed by atoms with Crippen LogP contribution in [0.5, 0.6) is 5.88 Å². The molecule has 148 valence electrons. The average molecular weight is 417 g/mol. The van der Waals surface area contributed by atoms with Crippen LogP contribution < -0.4 is 14.4 Å². The lowest BCUT2D eigenvalue weighted by molar-refractivity contribution is 0.143. The number of methoxy groups -OCH3 is 1. The van der Waals surface area contributed by atoms with E-state index in [0.717, 1.165) is 0 Å². The summed E-state index contributed by atoms with van der Waals surface area (Å²) in [5.74, 6) is -0.512. The number of allylic oxidation sites excluding steroid dienone is 2. The molecule has 0 saturated carbocycles. The van der Waals surface area contributed by atoms with E-state index in [1.807, 2.05) is 13.8 Å². The Morgan fingerprint density at radius 1 is 1.41 bits per heavy atom. The maximum atomic E-state index is 13.3. The number of aryl methyl sites for hydroxylation is 1. The minimum absolute atomic E-state index is 0.00488. The standard InChI is InChI=1S/C16H21ClN4O5S/c1-11(2)10-26-15(22)21(13-14(25-4)20-12(3)9-18-13)27(23,24)16(17)7-5-6-8-19-16/h5-9,11,19H,10H2,1-4H3. The summed E-state index contributed by atoms with van der Waals surface area (Å²) in [4.78, 5) is 20.8. The van der Waals surface area contributed by atoms with Gasteiger partial charge in [0.05, 0.1) is 25.6 Å². The quantitative estimate of drug-likeness (QED) is 0.555. The lowest BCUT2D eigenvalue weighted by Gasteiger charge is -2.31. The lowest BCUT2D eigenvalue weighted by atomic mass is 10.2. The fourth-order valence-corrected chi connectivity index (χ4v) is 3.74. The van der Waals surface area contributed by atoms with Crippen molar-refractivity contribution in [3.8, 4) is 5.88 Å². The molecule has 1 unspecified atom stereocenters. The summed E-state index contributed by atoms with van der Waals surface area (Å²) in [6.45, 7) is 5.29. The van der Waals surface area contributed by atoms with Crippen LogP contribution in [0.25, 0.3) is 0 Å². The molecule has 0 aromatic carbocycles. The molecule has 1 aliphatic heterocycles. The number of dihydropyridines is 1. The fourth-order valence-electron chi connectivity index (χ4n) is 2.06. The number of carbonyl (C=O) groups is 1. The molecule has 1 aromatic heterocycles. The molecule has 0 bridgehead atoms. The van der Waals surface area contributed by atoms with E-state index in [9.17, 15) is 13.2 Å². The minimum atomic E-state index is -4.58. The summed E-state index contributed by atoms with van der Waals surface area (Å²) in [6, 6.07) is 0. The molecule has 27 heavy (non-hydrogen) atoms. The molecule has 1 N–H and O–H groups in total. The van der Waals surface area contributed by atoms with Gasteiger partial charge < -0.3 is 14.8 Å². The van der Waals surface area contributed by atoms with Gasteiger partial charge in [0.15, 0.2) is 0 Å². The van der Waals surface area contributed by atoms with Crippen LogP contribution in [0.3, 0.4) is 0 Å². The van der Waals surface area contributed by atoms with Crippen molar-refractivity contribution in [3.63, 3.8) is 0 Å². The Hall–Kier alpha value is -2.33. The molecular weight excluding hydrogens is 396 g/mol. The zero-order valence-electron chi connectivity index (χ0n) is 15.3. The molecule has 0 fully saturated rings. The maximum Gasteiger partial charge on any atom is 0.429 e. The van der Waals surface area contributed by atoms with E-state index in [1.54, 1.807) is 13.0 Å². The zero-order chi connectivity index (χ0) is 20.2. The SMILES string of the molecule is COc1nc(C)cnc1N(C(=O)OCC(C)C)S(=O)(=O)C1(Cl)C=CC=CN1. The number of sulfonamides is 1. The van der Waals surface area contributed by atoms with Gasteiger partial charge in [0.25, 0.3) is 20.2 Å². The maximum absolute atomic E-state index is 13.3. The van der Waals surface area contributed by atoms with Crippen LogP contribution >= 0.6 is 11.6 Å². The number of aromatic nitrogens is 2. The predicted octanol–water partition coefficient (Wildman–Crippen LogP) is 2.29. The summed E-state index contributed by atoms with van der Waals surface area (Å²) in [6.07, 6.45) is 5.69. The van der Waals surface area contributed by atoms with Crippen molar-refractivity contribution in [2.75, 3.05) is 18.0 Å². The van der Waals surface area contributed by atoms with Gasteiger partial charge in [-0.2, -0.15) is 0 Å². The van der Waals surface area contributed by atoms with Crippen LogP contribution in [-0.4, -0.2) is 42.5 Å². The van der Waals surface area contributed by atoms with Crippen molar-refractivity contribution >= 4 is 33.5 Å². The third-order valence-electron chi connectivity index (χ3n) is 3.35. The second kappa shape index (κ2) is 8.13. The first-order valence-corrected chi connectivity index (χ1v) is 9.84. The Labute approximate surface area is 163 Å². The monoisotopic (exact) mass is 416 g/mol. The summed E-state index contributed by atoms with van der Waals surface area (Å²) >= 11 is 6.27. The van der Waals surface area contributed by atoms with Crippen LogP contribution in [0, 0.1) is 12.8 Å². The third kappa shape index (κ3) is 4.33. The Morgan fingerprint density at radius 2 is 2.11 bits per heavy atom. The zero-order valence-corrected chi connectivity index (χ0v) is 16.9. The highest BCUT2D eigenvalue weighted by atomic mass is 35.5. The number of hydrogen-bond acceptors (Lipinski definition) is 8. The molecular formula is C16H21ClN4O5S. The van der Waals surface area contributed by atoms with E-state index in [2.05, 4.69) is 15.3 Å². The van der Waals surface area contributed by atoms with Gasteiger partial charge in [0, 0.05) is 0 Å². The number of anilines is 1. The topological polar surface area (TPSA) is 111 Å². The predicted molar refractivity (Wildman–Crippen MR) is 101 cm³/mol. The normalized spacial score (nSPS) is 18.9. The highest BCUT2D eigenvalue weighted by molar-refractivity contribution is 7.96. The second-order valence-electron chi connectivity index (χ2n) is 6.09. The van der Waals surface area contributed by atoms with Crippen molar-refractivity contribution in [1.82, 2.24) is 15.3 Å². The molecule has 2 heterocycles. The van der Waals surface area contributed by atoms with Crippen molar-refractivity contribution in [1.29, 1.82) is 0 Å². The Balaban J connectivity index is 2.58. The summed E-state index contributed by atoms with van der Waals surface area (Å²) in [7, 11) is -3.29. The van der Waals surface area contributed by atoms with E-state index in [1.165, 1.54) is 31.7 Å². The van der Waals surface area contributed by atoms with Crippen LogP contribution in [0.4, 0.5) is 10.6 Å². The Kier molecular flexibility index (Phi) is 6.32. The number of nitrogens with zero attached hydrogens (tertiary/aromatic N) is 3. The summed E-state index contributed by atoms with van der Waals surface area (Å²) in [5.41, 5.74) is 0.475. The number of hydrogen-bond donors (Lipinski definition) is 1. The molecule has 1 aliphatic rings. The number of rotatable bonds is 6. The lowest BCUT2D eigenvalue weighted by Crippen LogP contribution is -2.54. The third-order valence-corrected chi connectivity index (χ3v) is 5.98. The number of carbonyl (C=O) groups excluding carboxylic acids is 1. The molecule has 1 aromatic rings. The van der Waals surface area contributed by atoms with Crippen LogP contribution in [0.15, 0.2) is 30.6 Å². The van der Waals surface area contributed by atoms with Gasteiger partial charge in [0.1, 0.15) is 0 Å². The van der Waals surface area contributed by atoms with E-state index in [4.69, 9.17) is 21.1 Å². The molecule has 2 rings (SSSR count). The molecule has 1 amide bonds. The molecule has 11 heteroatoms. The first-order valence-electron chi connectivity index (χ1n) is 8.02. The van der Waals surface area contributed by atoms with Gasteiger partial charge in [-0.15, -0.1) is 4.31 Å². The molecule has 0 spiro atoms. The van der Waals surface area contributed by atoms with E-state index >= 15 is 0 Å². The van der Waals surface area contributed by atoms with Crippen molar-refractivity contribution in [2.45, 2.75) is 25.1 Å². The smallest absolute Gasteiger partial charge is 0.429 e. The average Bonchev–Trinajstić information content (AvgIpc) is 2.61. The Bertz CT molecular complexity index is 872. The molecule has 1 atom stereocenters. The van der Waals surface area contributed by atoms with Gasteiger partial charge in [-0.3, -0.25) is 0 Å². The number of alkyl halides is 1. The van der Waals surface area contributed by atoms with Crippen molar-refractivity contribution < 1.29 is 22.7 Å². The number of amides is 1. The molecule has 0 saturated heterocycles. The number of ether oxygens (including phenoxy) is 2. The van der Waals surface area contributed by atoms with Gasteiger partial charge in [-0.25, -0.2) is 23.2 Å². The summed E-state index contributed by atoms with van der Waals surface area (Å²) < 4.78 is 35.0. The van der Waals surface area contributed by atoms with Gasteiger partial charge in [-0.1, -0.05) is 31.5 Å². The van der Waals surface area contributed by atoms with E-state index < -0.39 is 20.4 Å². The largest absolute Gasteiger partial charge is 0.478 e. The van der Waals surface area contributed by atoms with Crippen LogP contribution in [0.1, 0.15) is 19.5 Å². The highest BCUT2D eigenvalue weighted by Crippen LogP contribution is 2.34. The second-order valence-corrected chi connectivity index (χ2v) is 8.87. The minimum Gasteiger partial charge on any atom is -0.478 e. The number of halogens is 1. The Morgan fingerprint density at radius 3 is 2.67 bits per heavy atom. The molecule has 0 aliphatic carbocycles. The molecule has 9 nitrogen and oxygen atoms in total. The first kappa shape index (κ1) is 21.0. The van der Waals surface area contributed by atoms with Gasteiger partial charge in [0.2, 0.25) is 5.82 Å². The summed E-state index contributed by atoms with van der Waals surface area (Å²) in [5, 5.41) is 2.53. The van der Waals surface area contributed by atoms with E-state index in [-0.39, 0.29) is 24.2 Å². The fraction of sp³-hybridized carbons (Fsp3) is 0.438. The number of nitrogens with one attached hydrogen (secondary N) is 1. The first-order chi connectivity index (χ1) is 12.6. The van der Waals surface area contributed by atoms with E-state index in [0.29, 0.717) is 10.00 Å². The van der Waals surface area contributed by atoms with Crippen LogP contribution in [0.2, 0.25) is 0 Å². The van der Waals surface area contributed by atoms with Crippen molar-refractivity contribution in [2.24, 2.45) is 5.92 Å².